The largest absolute Gasteiger partial charge is 0.302 e. The lowest BCUT2D eigenvalue weighted by molar-refractivity contribution is -0.134. The number of carbonyl (C=O) groups is 2. The number of amides is 2. The molecular weight excluding hydrogens is 223 g/mol. The van der Waals surface area contributed by atoms with Gasteiger partial charge >= 0.3 is 0 Å². The number of hydrogen-bond donors (Lipinski definition) is 2. The van der Waals surface area contributed by atoms with Crippen LogP contribution in [0.5, 0.6) is 0 Å². The first kappa shape index (κ1) is 11.7. The van der Waals surface area contributed by atoms with E-state index in [1.165, 1.54) is 6.07 Å². The molecule has 2 rings (SSSR count). The summed E-state index contributed by atoms with van der Waals surface area (Å²) in [6.07, 6.45) is 0.778. The van der Waals surface area contributed by atoms with E-state index < -0.39 is 6.04 Å². The molecule has 5 heteroatoms. The second kappa shape index (κ2) is 5.05. The molecule has 0 saturated carbocycles. The zero-order valence-electron chi connectivity index (χ0n) is 9.20. The fourth-order valence-electron chi connectivity index (χ4n) is 1.76. The van der Waals surface area contributed by atoms with Crippen molar-refractivity contribution in [2.45, 2.75) is 25.4 Å². The summed E-state index contributed by atoms with van der Waals surface area (Å²) in [5.41, 5.74) is 0.511. The molecule has 1 heterocycles. The Morgan fingerprint density at radius 3 is 2.82 bits per heavy atom. The lowest BCUT2D eigenvalue weighted by atomic mass is 10.1. The van der Waals surface area contributed by atoms with Crippen molar-refractivity contribution in [3.63, 3.8) is 0 Å². The molecule has 4 nitrogen and oxygen atoms in total. The molecule has 1 aliphatic rings. The fourth-order valence-corrected chi connectivity index (χ4v) is 1.76. The average molecular weight is 236 g/mol. The van der Waals surface area contributed by atoms with Gasteiger partial charge < -0.3 is 5.32 Å². The van der Waals surface area contributed by atoms with E-state index >= 15 is 0 Å². The van der Waals surface area contributed by atoms with Gasteiger partial charge in [0.05, 0.1) is 6.04 Å². The first-order valence-electron chi connectivity index (χ1n) is 5.47. The maximum absolute atomic E-state index is 13.3. The highest BCUT2D eigenvalue weighted by atomic mass is 19.1. The fraction of sp³-hybridized carbons (Fsp3) is 0.333. The van der Waals surface area contributed by atoms with Crippen molar-refractivity contribution in [2.24, 2.45) is 0 Å². The molecule has 2 amide bonds. The van der Waals surface area contributed by atoms with E-state index in [2.05, 4.69) is 10.6 Å². The number of imide groups is 1. The van der Waals surface area contributed by atoms with Crippen LogP contribution in [0.15, 0.2) is 24.3 Å². The third-order valence-corrected chi connectivity index (χ3v) is 2.74. The molecule has 17 heavy (non-hydrogen) atoms. The number of carbonyl (C=O) groups excluding carboxylic acids is 2. The molecule has 1 saturated heterocycles. The van der Waals surface area contributed by atoms with E-state index in [1.54, 1.807) is 18.2 Å². The second-order valence-corrected chi connectivity index (χ2v) is 3.98. The Balaban J connectivity index is 1.92. The van der Waals surface area contributed by atoms with Crippen LogP contribution in [0.4, 0.5) is 4.39 Å². The zero-order valence-corrected chi connectivity index (χ0v) is 9.20. The summed E-state index contributed by atoms with van der Waals surface area (Å²) in [6, 6.07) is 5.97. The molecule has 90 valence electrons. The topological polar surface area (TPSA) is 58.2 Å². The van der Waals surface area contributed by atoms with Crippen LogP contribution in [0, 0.1) is 5.82 Å². The Kier molecular flexibility index (Phi) is 3.49. The van der Waals surface area contributed by atoms with Gasteiger partial charge in [-0.25, -0.2) is 4.39 Å². The van der Waals surface area contributed by atoms with Crippen molar-refractivity contribution in [2.75, 3.05) is 0 Å². The second-order valence-electron chi connectivity index (χ2n) is 3.98. The van der Waals surface area contributed by atoms with Crippen LogP contribution in [0.2, 0.25) is 0 Å². The Hall–Kier alpha value is -1.75. The minimum absolute atomic E-state index is 0.251. The SMILES string of the molecule is O=C1CCC(NCc2ccccc2F)C(=O)N1. The lowest BCUT2D eigenvalue weighted by Gasteiger charge is -2.21. The molecule has 0 bridgehead atoms. The molecular formula is C12H13FN2O2. The predicted molar refractivity (Wildman–Crippen MR) is 59.4 cm³/mol. The zero-order chi connectivity index (χ0) is 12.3. The van der Waals surface area contributed by atoms with Gasteiger partial charge in [0.25, 0.3) is 0 Å². The van der Waals surface area contributed by atoms with Crippen molar-refractivity contribution in [3.8, 4) is 0 Å². The molecule has 1 aromatic rings. The maximum atomic E-state index is 13.3. The summed E-state index contributed by atoms with van der Waals surface area (Å²) >= 11 is 0. The van der Waals surface area contributed by atoms with E-state index in [0.29, 0.717) is 18.4 Å². The molecule has 1 atom stereocenters. The van der Waals surface area contributed by atoms with Gasteiger partial charge in [0.1, 0.15) is 5.82 Å². The van der Waals surface area contributed by atoms with Crippen molar-refractivity contribution >= 4 is 11.8 Å². The van der Waals surface area contributed by atoms with Crippen LogP contribution < -0.4 is 10.6 Å². The molecule has 0 aliphatic carbocycles. The Morgan fingerprint density at radius 1 is 1.35 bits per heavy atom. The van der Waals surface area contributed by atoms with Gasteiger partial charge in [-0.3, -0.25) is 14.9 Å². The smallest absolute Gasteiger partial charge is 0.243 e. The van der Waals surface area contributed by atoms with Gasteiger partial charge in [0.15, 0.2) is 0 Å². The molecule has 0 radical (unpaired) electrons. The average Bonchev–Trinajstić information content (AvgIpc) is 2.30. The Morgan fingerprint density at radius 2 is 2.12 bits per heavy atom. The molecule has 1 fully saturated rings. The molecule has 1 aliphatic heterocycles. The third-order valence-electron chi connectivity index (χ3n) is 2.74. The van der Waals surface area contributed by atoms with Crippen molar-refractivity contribution in [3.05, 3.63) is 35.6 Å². The molecule has 2 N–H and O–H groups in total. The highest BCUT2D eigenvalue weighted by Crippen LogP contribution is 2.09. The molecule has 1 unspecified atom stereocenters. The minimum atomic E-state index is -0.424. The van der Waals surface area contributed by atoms with Crippen molar-refractivity contribution in [1.29, 1.82) is 0 Å². The monoisotopic (exact) mass is 236 g/mol. The van der Waals surface area contributed by atoms with Crippen LogP contribution >= 0.6 is 0 Å². The van der Waals surface area contributed by atoms with Crippen molar-refractivity contribution in [1.82, 2.24) is 10.6 Å². The van der Waals surface area contributed by atoms with Crippen LogP contribution in [-0.4, -0.2) is 17.9 Å². The Bertz CT molecular complexity index is 448. The summed E-state index contributed by atoms with van der Waals surface area (Å²) in [7, 11) is 0. The third kappa shape index (κ3) is 2.88. The van der Waals surface area contributed by atoms with Gasteiger partial charge in [0.2, 0.25) is 11.8 Å². The first-order valence-corrected chi connectivity index (χ1v) is 5.47. The summed E-state index contributed by atoms with van der Waals surface area (Å²) in [5, 5.41) is 5.19. The van der Waals surface area contributed by atoms with Crippen LogP contribution in [-0.2, 0) is 16.1 Å². The maximum Gasteiger partial charge on any atom is 0.243 e. The predicted octanol–water partition coefficient (Wildman–Crippen LogP) is 0.720. The van der Waals surface area contributed by atoms with E-state index in [-0.39, 0.29) is 24.2 Å². The van der Waals surface area contributed by atoms with E-state index in [0.717, 1.165) is 0 Å². The molecule has 0 spiro atoms. The van der Waals surface area contributed by atoms with Crippen LogP contribution in [0.25, 0.3) is 0 Å². The van der Waals surface area contributed by atoms with Gasteiger partial charge in [-0.05, 0) is 12.5 Å². The summed E-state index contributed by atoms with van der Waals surface area (Å²) in [6.45, 7) is 0.277. The number of nitrogens with one attached hydrogen (secondary N) is 2. The number of halogens is 1. The summed E-state index contributed by atoms with van der Waals surface area (Å²) < 4.78 is 13.3. The van der Waals surface area contributed by atoms with E-state index in [4.69, 9.17) is 0 Å². The van der Waals surface area contributed by atoms with E-state index in [1.807, 2.05) is 0 Å². The summed E-state index contributed by atoms with van der Waals surface area (Å²) in [5.74, 6) is -0.885. The minimum Gasteiger partial charge on any atom is -0.302 e. The van der Waals surface area contributed by atoms with Gasteiger partial charge in [-0.2, -0.15) is 0 Å². The lowest BCUT2D eigenvalue weighted by Crippen LogP contribution is -2.50. The normalized spacial score (nSPS) is 20.2. The van der Waals surface area contributed by atoms with E-state index in [9.17, 15) is 14.0 Å². The highest BCUT2D eigenvalue weighted by Gasteiger charge is 2.25. The number of rotatable bonds is 3. The van der Waals surface area contributed by atoms with Gasteiger partial charge in [0, 0.05) is 18.5 Å². The van der Waals surface area contributed by atoms with Crippen LogP contribution in [0.3, 0.4) is 0 Å². The van der Waals surface area contributed by atoms with Gasteiger partial charge in [-0.1, -0.05) is 18.2 Å². The molecule has 0 aromatic heterocycles. The number of piperidine rings is 1. The van der Waals surface area contributed by atoms with Gasteiger partial charge in [-0.15, -0.1) is 0 Å². The van der Waals surface area contributed by atoms with Crippen LogP contribution in [0.1, 0.15) is 18.4 Å². The Labute approximate surface area is 98.2 Å². The molecule has 1 aromatic carbocycles. The van der Waals surface area contributed by atoms with Crippen molar-refractivity contribution < 1.29 is 14.0 Å². The summed E-state index contributed by atoms with van der Waals surface area (Å²) in [4.78, 5) is 22.4. The standard InChI is InChI=1S/C12H13FN2O2/c13-9-4-2-1-3-8(9)7-14-10-5-6-11(16)15-12(10)17/h1-4,10,14H,5-7H2,(H,15,16,17). The number of hydrogen-bond acceptors (Lipinski definition) is 3. The first-order chi connectivity index (χ1) is 8.16. The number of benzene rings is 1. The quantitative estimate of drug-likeness (QED) is 0.760. The highest BCUT2D eigenvalue weighted by molar-refractivity contribution is 6.00.